The van der Waals surface area contributed by atoms with Gasteiger partial charge in [0, 0.05) is 59.7 Å². The zero-order chi connectivity index (χ0) is 24.1. The van der Waals surface area contributed by atoms with E-state index in [2.05, 4.69) is 93.9 Å². The van der Waals surface area contributed by atoms with Gasteiger partial charge >= 0.3 is 0 Å². The van der Waals surface area contributed by atoms with Crippen LogP contribution in [-0.2, 0) is 6.54 Å². The Morgan fingerprint density at radius 1 is 1.32 bits per heavy atom. The molecule has 2 aromatic heterocycles. The predicted octanol–water partition coefficient (Wildman–Crippen LogP) is 6.35. The lowest BCUT2D eigenvalue weighted by atomic mass is 10.2. The molecule has 0 amide bonds. The Kier molecular flexibility index (Phi) is 7.92. The highest BCUT2D eigenvalue weighted by atomic mass is 32.2. The van der Waals surface area contributed by atoms with E-state index in [1.165, 1.54) is 23.7 Å². The van der Waals surface area contributed by atoms with Gasteiger partial charge in [-0.25, -0.2) is 4.98 Å². The minimum absolute atomic E-state index is 0.604. The van der Waals surface area contributed by atoms with Crippen LogP contribution in [-0.4, -0.2) is 47.3 Å². The molecule has 0 unspecified atom stereocenters. The lowest BCUT2D eigenvalue weighted by Crippen LogP contribution is -2.17. The van der Waals surface area contributed by atoms with Crippen molar-refractivity contribution in [2.24, 2.45) is 10.9 Å². The monoisotopic (exact) mass is 492 g/mol. The first-order valence-corrected chi connectivity index (χ1v) is 13.0. The number of benzene rings is 1. The fraction of sp³-hybridized carbons (Fsp3) is 0.308. The summed E-state index contributed by atoms with van der Waals surface area (Å²) < 4.78 is 2.29. The van der Waals surface area contributed by atoms with Crippen LogP contribution in [0.4, 0.5) is 10.8 Å². The van der Waals surface area contributed by atoms with Crippen molar-refractivity contribution in [2.75, 3.05) is 38.3 Å². The molecule has 8 heteroatoms. The number of likely N-dealkylation sites (N-methyl/N-ethyl adjacent to an activating group) is 1. The number of aliphatic imine (C=N–C) groups is 1. The molecule has 3 aromatic rings. The number of amidine groups is 1. The summed E-state index contributed by atoms with van der Waals surface area (Å²) in [5, 5.41) is 9.69. The second-order valence-corrected chi connectivity index (χ2v) is 10.7. The maximum Gasteiger partial charge on any atom is 0.187 e. The van der Waals surface area contributed by atoms with Crippen molar-refractivity contribution in [3.8, 4) is 0 Å². The minimum Gasteiger partial charge on any atom is -0.346 e. The summed E-state index contributed by atoms with van der Waals surface area (Å²) in [7, 11) is 5.99. The Labute approximate surface area is 210 Å². The molecule has 0 saturated heterocycles. The van der Waals surface area contributed by atoms with Gasteiger partial charge in [0.2, 0.25) is 0 Å². The van der Waals surface area contributed by atoms with Crippen molar-refractivity contribution >= 4 is 56.1 Å². The van der Waals surface area contributed by atoms with Crippen LogP contribution in [0.2, 0.25) is 0 Å². The quantitative estimate of drug-likeness (QED) is 0.196. The van der Waals surface area contributed by atoms with Gasteiger partial charge in [-0.1, -0.05) is 42.3 Å². The third-order valence-electron chi connectivity index (χ3n) is 5.57. The Bertz CT molecular complexity index is 1230. The lowest BCUT2D eigenvalue weighted by molar-refractivity contribution is 0.387. The molecular formula is C26H32N6S2. The number of aromatic nitrogens is 2. The van der Waals surface area contributed by atoms with Crippen molar-refractivity contribution in [3.05, 3.63) is 71.4 Å². The number of hydrogen-bond acceptors (Lipinski definition) is 6. The molecule has 0 aliphatic heterocycles. The molecule has 178 valence electrons. The van der Waals surface area contributed by atoms with Crippen molar-refractivity contribution in [3.63, 3.8) is 0 Å². The number of thiazole rings is 1. The Balaban J connectivity index is 1.40. The van der Waals surface area contributed by atoms with Crippen LogP contribution in [0.3, 0.4) is 0 Å². The van der Waals surface area contributed by atoms with E-state index >= 15 is 0 Å². The molecule has 0 bridgehead atoms. The molecule has 1 aliphatic rings. The van der Waals surface area contributed by atoms with E-state index in [0.29, 0.717) is 5.92 Å². The molecule has 34 heavy (non-hydrogen) atoms. The van der Waals surface area contributed by atoms with Crippen LogP contribution in [0.1, 0.15) is 17.7 Å². The third-order valence-corrected chi connectivity index (χ3v) is 7.43. The number of thioether (sulfide) groups is 1. The number of fused-ring (bicyclic) bond motifs is 1. The van der Waals surface area contributed by atoms with Gasteiger partial charge in [0.25, 0.3) is 0 Å². The summed E-state index contributed by atoms with van der Waals surface area (Å²) in [6.07, 6.45) is 10.4. The van der Waals surface area contributed by atoms with E-state index in [9.17, 15) is 0 Å². The molecule has 4 rings (SSSR count). The largest absolute Gasteiger partial charge is 0.346 e. The van der Waals surface area contributed by atoms with Crippen LogP contribution in [0, 0.1) is 5.92 Å². The molecule has 1 fully saturated rings. The zero-order valence-corrected chi connectivity index (χ0v) is 21.7. The lowest BCUT2D eigenvalue weighted by Gasteiger charge is -2.12. The van der Waals surface area contributed by atoms with Crippen molar-refractivity contribution in [2.45, 2.75) is 19.4 Å². The predicted molar refractivity (Wildman–Crippen MR) is 151 cm³/mol. The normalized spacial score (nSPS) is 14.6. The fourth-order valence-corrected chi connectivity index (χ4v) is 5.12. The maximum atomic E-state index is 4.48. The van der Waals surface area contributed by atoms with Gasteiger partial charge in [-0.3, -0.25) is 4.99 Å². The number of nitrogens with one attached hydrogen (secondary N) is 2. The summed E-state index contributed by atoms with van der Waals surface area (Å²) in [4.78, 5) is 13.2. The standard InChI is InChI=1S/C26H32N6S2/c1-6-22(16-23-17-28-26(34-23)29-18(2)19-7-8-19)33-25(27-3)30-21-9-10-24-20(15-21)11-12-32(24)14-13-31(4)5/h6,9-12,15-17,19H,1-2,7-8,13-14H2,3-5H3,(H,27,30)(H,28,29)/b22-16-. The molecular weight excluding hydrogens is 460 g/mol. The van der Waals surface area contributed by atoms with Gasteiger partial charge in [0.15, 0.2) is 10.3 Å². The summed E-state index contributed by atoms with van der Waals surface area (Å²) in [5.41, 5.74) is 3.32. The fourth-order valence-electron chi connectivity index (χ4n) is 3.50. The average Bonchev–Trinajstić information content (AvgIpc) is 3.47. The summed E-state index contributed by atoms with van der Waals surface area (Å²) in [6, 6.07) is 8.59. The van der Waals surface area contributed by atoms with Crippen molar-refractivity contribution in [1.82, 2.24) is 14.5 Å². The summed E-state index contributed by atoms with van der Waals surface area (Å²) >= 11 is 3.16. The van der Waals surface area contributed by atoms with E-state index in [1.54, 1.807) is 30.1 Å². The van der Waals surface area contributed by atoms with Gasteiger partial charge < -0.3 is 20.1 Å². The van der Waals surface area contributed by atoms with Gasteiger partial charge in [0.05, 0.1) is 4.88 Å². The van der Waals surface area contributed by atoms with Crippen molar-refractivity contribution < 1.29 is 0 Å². The Morgan fingerprint density at radius 3 is 2.85 bits per heavy atom. The van der Waals surface area contributed by atoms with Gasteiger partial charge in [0.1, 0.15) is 0 Å². The van der Waals surface area contributed by atoms with Crippen LogP contribution in [0.15, 0.2) is 71.5 Å². The molecule has 1 saturated carbocycles. The highest BCUT2D eigenvalue weighted by molar-refractivity contribution is 8.17. The van der Waals surface area contributed by atoms with Crippen LogP contribution >= 0.6 is 23.1 Å². The van der Waals surface area contributed by atoms with E-state index in [-0.39, 0.29) is 0 Å². The molecule has 0 atom stereocenters. The molecule has 0 radical (unpaired) electrons. The van der Waals surface area contributed by atoms with E-state index < -0.39 is 0 Å². The molecule has 1 aliphatic carbocycles. The highest BCUT2D eigenvalue weighted by Gasteiger charge is 2.25. The molecule has 6 nitrogen and oxygen atoms in total. The molecule has 2 heterocycles. The third kappa shape index (κ3) is 6.40. The zero-order valence-electron chi connectivity index (χ0n) is 20.0. The first-order chi connectivity index (χ1) is 16.4. The van der Waals surface area contributed by atoms with Gasteiger partial charge in [-0.05, 0) is 63.2 Å². The number of allylic oxidation sites excluding steroid dienone is 2. The highest BCUT2D eigenvalue weighted by Crippen LogP contribution is 2.36. The van der Waals surface area contributed by atoms with Crippen molar-refractivity contribution in [1.29, 1.82) is 0 Å². The topological polar surface area (TPSA) is 57.5 Å². The number of hydrogen-bond donors (Lipinski definition) is 2. The van der Waals surface area contributed by atoms with E-state index in [1.807, 2.05) is 12.3 Å². The van der Waals surface area contributed by atoms with E-state index in [4.69, 9.17) is 0 Å². The second-order valence-electron chi connectivity index (χ2n) is 8.58. The molecule has 1 aromatic carbocycles. The Morgan fingerprint density at radius 2 is 2.15 bits per heavy atom. The number of rotatable bonds is 10. The summed E-state index contributed by atoms with van der Waals surface area (Å²) in [6.45, 7) is 10.1. The summed E-state index contributed by atoms with van der Waals surface area (Å²) in [5.74, 6) is 0.604. The van der Waals surface area contributed by atoms with Crippen LogP contribution < -0.4 is 10.6 Å². The first kappa shape index (κ1) is 24.3. The Hall–Kier alpha value is -2.81. The smallest absolute Gasteiger partial charge is 0.187 e. The van der Waals surface area contributed by atoms with Crippen LogP contribution in [0.25, 0.3) is 17.0 Å². The molecule has 2 N–H and O–H groups in total. The van der Waals surface area contributed by atoms with Gasteiger partial charge in [-0.15, -0.1) is 0 Å². The number of nitrogens with zero attached hydrogens (tertiary/aromatic N) is 4. The van der Waals surface area contributed by atoms with Gasteiger partial charge in [-0.2, -0.15) is 0 Å². The number of anilines is 2. The van der Waals surface area contributed by atoms with E-state index in [0.717, 1.165) is 44.6 Å². The molecule has 0 spiro atoms. The average molecular weight is 493 g/mol. The van der Waals surface area contributed by atoms with Crippen LogP contribution in [0.5, 0.6) is 0 Å². The second kappa shape index (κ2) is 11.1. The maximum absolute atomic E-state index is 4.48. The minimum atomic E-state index is 0.604. The first-order valence-electron chi connectivity index (χ1n) is 11.4. The SMILES string of the molecule is C=C/C(=C/c1cnc(NC(=C)C2CC2)s1)SC(=NC)Nc1ccc2c(ccn2CCN(C)C)c1.